The van der Waals surface area contributed by atoms with Gasteiger partial charge in [0.25, 0.3) is 0 Å². The van der Waals surface area contributed by atoms with Crippen molar-refractivity contribution in [3.8, 4) is 0 Å². The molecule has 0 aliphatic rings. The second-order valence-corrected chi connectivity index (χ2v) is 10.8. The molecule has 0 heterocycles. The quantitative estimate of drug-likeness (QED) is 0.393. The van der Waals surface area contributed by atoms with E-state index in [2.05, 4.69) is 5.32 Å². The van der Waals surface area contributed by atoms with Crippen LogP contribution in [0.25, 0.3) is 0 Å². The number of nitrogens with zero attached hydrogens (tertiary/aromatic N) is 1. The smallest absolute Gasteiger partial charge is 0.325 e. The fourth-order valence-corrected chi connectivity index (χ4v) is 4.77. The molecule has 0 fully saturated rings. The number of carbonyl (C=O) groups is 4. The van der Waals surface area contributed by atoms with E-state index in [1.165, 1.54) is 49.2 Å². The van der Waals surface area contributed by atoms with Crippen molar-refractivity contribution < 1.29 is 29.4 Å². The first-order valence-corrected chi connectivity index (χ1v) is 11.4. The molecule has 8 nitrogen and oxygen atoms in total. The van der Waals surface area contributed by atoms with E-state index in [1.807, 2.05) is 6.92 Å². The Morgan fingerprint density at radius 2 is 1.69 bits per heavy atom. The molecular weight excluding hydrogens is 436 g/mol. The van der Waals surface area contributed by atoms with Gasteiger partial charge < -0.3 is 20.4 Å². The van der Waals surface area contributed by atoms with Crippen LogP contribution in [0.2, 0.25) is 0 Å². The maximum atomic E-state index is 12.8. The van der Waals surface area contributed by atoms with Gasteiger partial charge in [0.15, 0.2) is 0 Å². The Morgan fingerprint density at radius 1 is 1.14 bits per heavy atom. The van der Waals surface area contributed by atoms with Crippen molar-refractivity contribution >= 4 is 63.0 Å². The SMILES string of the molecule is CCSC(=S)SCC(CC(C(=O)NC(C)C(=O)O)C(C)(C)C(=O)O)C(=O)N(C)C. The fourth-order valence-electron chi connectivity index (χ4n) is 2.47. The van der Waals surface area contributed by atoms with Gasteiger partial charge in [-0.1, -0.05) is 19.1 Å². The number of carbonyl (C=O) groups excluding carboxylic acids is 2. The van der Waals surface area contributed by atoms with Crippen LogP contribution in [-0.2, 0) is 19.2 Å². The number of hydrogen-bond acceptors (Lipinski definition) is 7. The van der Waals surface area contributed by atoms with Gasteiger partial charge in [-0.05, 0) is 32.9 Å². The minimum absolute atomic E-state index is 0.0408. The maximum Gasteiger partial charge on any atom is 0.325 e. The molecule has 0 aromatic heterocycles. The van der Waals surface area contributed by atoms with Crippen LogP contribution in [0.3, 0.4) is 0 Å². The molecule has 0 aliphatic carbocycles. The normalized spacial score (nSPS) is 14.4. The summed E-state index contributed by atoms with van der Waals surface area (Å²) in [5.74, 6) is -4.06. The van der Waals surface area contributed by atoms with Gasteiger partial charge in [-0.3, -0.25) is 19.2 Å². The zero-order valence-electron chi connectivity index (χ0n) is 17.6. The van der Waals surface area contributed by atoms with Crippen molar-refractivity contribution in [2.75, 3.05) is 25.6 Å². The molecule has 0 spiro atoms. The van der Waals surface area contributed by atoms with Gasteiger partial charge in [0.1, 0.15) is 9.57 Å². The molecule has 3 unspecified atom stereocenters. The van der Waals surface area contributed by atoms with E-state index in [0.29, 0.717) is 9.28 Å². The van der Waals surface area contributed by atoms with Gasteiger partial charge in [0, 0.05) is 25.8 Å². The zero-order chi connectivity index (χ0) is 22.9. The summed E-state index contributed by atoms with van der Waals surface area (Å²) in [6.45, 7) is 6.04. The van der Waals surface area contributed by atoms with Crippen LogP contribution in [0, 0.1) is 17.3 Å². The lowest BCUT2D eigenvalue weighted by molar-refractivity contribution is -0.156. The van der Waals surface area contributed by atoms with Crippen molar-refractivity contribution in [2.45, 2.75) is 40.2 Å². The lowest BCUT2D eigenvalue weighted by atomic mass is 9.73. The highest BCUT2D eigenvalue weighted by molar-refractivity contribution is 8.47. The highest BCUT2D eigenvalue weighted by Gasteiger charge is 2.44. The molecule has 0 aromatic carbocycles. The minimum Gasteiger partial charge on any atom is -0.481 e. The van der Waals surface area contributed by atoms with Crippen LogP contribution in [0.1, 0.15) is 34.1 Å². The Labute approximate surface area is 185 Å². The van der Waals surface area contributed by atoms with Gasteiger partial charge in [-0.25, -0.2) is 0 Å². The summed E-state index contributed by atoms with van der Waals surface area (Å²) in [7, 11) is 3.17. The molecule has 3 atom stereocenters. The number of rotatable bonds is 11. The van der Waals surface area contributed by atoms with Crippen molar-refractivity contribution in [3.05, 3.63) is 0 Å². The van der Waals surface area contributed by atoms with E-state index < -0.39 is 41.1 Å². The van der Waals surface area contributed by atoms with Crippen molar-refractivity contribution in [2.24, 2.45) is 17.3 Å². The number of aliphatic carboxylic acids is 2. The standard InChI is InChI=1S/C18H30N2O6S3/c1-7-28-17(27)29-9-11(14(22)20(5)6)8-12(18(3,4)16(25)26)13(21)19-10(2)15(23)24/h10-12H,7-9H2,1-6H3,(H,19,21)(H,23,24)(H,25,26). The Morgan fingerprint density at radius 3 is 2.10 bits per heavy atom. The summed E-state index contributed by atoms with van der Waals surface area (Å²) in [6.07, 6.45) is -0.0408. The van der Waals surface area contributed by atoms with Crippen LogP contribution >= 0.6 is 35.7 Å². The fraction of sp³-hybridized carbons (Fsp3) is 0.722. The average Bonchev–Trinajstić information content (AvgIpc) is 2.60. The Kier molecular flexibility index (Phi) is 11.8. The molecule has 29 heavy (non-hydrogen) atoms. The molecule has 0 rings (SSSR count). The molecule has 0 aromatic rings. The van der Waals surface area contributed by atoms with E-state index in [4.69, 9.17) is 17.3 Å². The van der Waals surface area contributed by atoms with Gasteiger partial charge >= 0.3 is 11.9 Å². The van der Waals surface area contributed by atoms with Crippen molar-refractivity contribution in [3.63, 3.8) is 0 Å². The zero-order valence-corrected chi connectivity index (χ0v) is 20.0. The van der Waals surface area contributed by atoms with E-state index in [1.54, 1.807) is 14.1 Å². The molecule has 11 heteroatoms. The molecule has 0 radical (unpaired) electrons. The van der Waals surface area contributed by atoms with E-state index in [-0.39, 0.29) is 12.3 Å². The number of thiocarbonyl (C=S) groups is 1. The van der Waals surface area contributed by atoms with E-state index in [0.717, 1.165) is 5.75 Å². The van der Waals surface area contributed by atoms with E-state index >= 15 is 0 Å². The van der Waals surface area contributed by atoms with Gasteiger partial charge in [-0.2, -0.15) is 0 Å². The average molecular weight is 467 g/mol. The molecule has 0 saturated heterocycles. The number of carboxylic acids is 2. The third kappa shape index (κ3) is 8.91. The lowest BCUT2D eigenvalue weighted by Crippen LogP contribution is -2.49. The second kappa shape index (κ2) is 12.4. The number of amides is 2. The molecule has 0 bridgehead atoms. The van der Waals surface area contributed by atoms with E-state index in [9.17, 15) is 24.3 Å². The highest BCUT2D eigenvalue weighted by atomic mass is 32.2. The largest absolute Gasteiger partial charge is 0.481 e. The summed E-state index contributed by atoms with van der Waals surface area (Å²) < 4.78 is 0.669. The maximum absolute atomic E-state index is 12.8. The highest BCUT2D eigenvalue weighted by Crippen LogP contribution is 2.35. The predicted molar refractivity (Wildman–Crippen MR) is 120 cm³/mol. The van der Waals surface area contributed by atoms with Gasteiger partial charge in [0.2, 0.25) is 11.8 Å². The summed E-state index contributed by atoms with van der Waals surface area (Å²) in [5.41, 5.74) is -1.50. The van der Waals surface area contributed by atoms with Crippen molar-refractivity contribution in [1.82, 2.24) is 10.2 Å². The van der Waals surface area contributed by atoms with Gasteiger partial charge in [0.05, 0.1) is 11.3 Å². The first-order valence-electron chi connectivity index (χ1n) is 9.02. The lowest BCUT2D eigenvalue weighted by Gasteiger charge is -2.33. The third-order valence-electron chi connectivity index (χ3n) is 4.44. The number of thioether (sulfide) groups is 2. The van der Waals surface area contributed by atoms with Gasteiger partial charge in [-0.15, -0.1) is 23.5 Å². The Bertz CT molecular complexity index is 639. The predicted octanol–water partition coefficient (Wildman–Crippen LogP) is 2.17. The first kappa shape index (κ1) is 27.7. The van der Waals surface area contributed by atoms with Crippen LogP contribution in [0.4, 0.5) is 0 Å². The van der Waals surface area contributed by atoms with Crippen molar-refractivity contribution in [1.29, 1.82) is 0 Å². The Hall–Kier alpha value is -1.33. The topological polar surface area (TPSA) is 124 Å². The molecule has 0 saturated carbocycles. The molecular formula is C18H30N2O6S3. The number of carboxylic acid groups (broad SMARTS) is 2. The number of hydrogen-bond donors (Lipinski definition) is 3. The summed E-state index contributed by atoms with van der Waals surface area (Å²) >= 11 is 8.04. The first-order chi connectivity index (χ1) is 13.2. The molecule has 0 aliphatic heterocycles. The van der Waals surface area contributed by atoms with Crippen LogP contribution in [-0.4, -0.2) is 74.0 Å². The van der Waals surface area contributed by atoms with Crippen LogP contribution in [0.5, 0.6) is 0 Å². The summed E-state index contributed by atoms with van der Waals surface area (Å²) in [4.78, 5) is 49.7. The summed E-state index contributed by atoms with van der Waals surface area (Å²) in [6, 6.07) is -1.18. The molecule has 3 N–H and O–H groups in total. The Balaban J connectivity index is 5.75. The summed E-state index contributed by atoms with van der Waals surface area (Å²) in [5, 5.41) is 21.0. The third-order valence-corrected chi connectivity index (χ3v) is 7.19. The molecule has 2 amide bonds. The monoisotopic (exact) mass is 466 g/mol. The molecule has 166 valence electrons. The minimum atomic E-state index is -1.50. The van der Waals surface area contributed by atoms with Crippen LogP contribution in [0.15, 0.2) is 0 Å². The van der Waals surface area contributed by atoms with Crippen LogP contribution < -0.4 is 5.32 Å². The number of nitrogens with one attached hydrogen (secondary N) is 1. The second-order valence-electron chi connectivity index (χ2n) is 7.31.